The molecule has 1 fully saturated rings. The molecule has 1 aliphatic rings. The molecule has 2 aromatic carbocycles. The first-order valence-corrected chi connectivity index (χ1v) is 10.1. The summed E-state index contributed by atoms with van der Waals surface area (Å²) in [6, 6.07) is 15.4. The lowest BCUT2D eigenvalue weighted by Gasteiger charge is -2.26. The summed E-state index contributed by atoms with van der Waals surface area (Å²) in [5, 5.41) is 9.81. The molecule has 7 nitrogen and oxygen atoms in total. The Kier molecular flexibility index (Phi) is 6.29. The van der Waals surface area contributed by atoms with E-state index in [0.717, 1.165) is 41.2 Å². The van der Waals surface area contributed by atoms with Gasteiger partial charge in [-0.1, -0.05) is 24.3 Å². The largest absolute Gasteiger partial charge is 0.497 e. The molecule has 4 rings (SSSR count). The molecule has 0 saturated carbocycles. The van der Waals surface area contributed by atoms with Crippen molar-refractivity contribution in [1.82, 2.24) is 15.1 Å². The maximum atomic E-state index is 13.1. The van der Waals surface area contributed by atoms with Gasteiger partial charge in [0.15, 0.2) is 0 Å². The number of carbonyl (C=O) groups is 1. The second-order valence-electron chi connectivity index (χ2n) is 7.46. The van der Waals surface area contributed by atoms with E-state index in [1.54, 1.807) is 13.3 Å². The summed E-state index contributed by atoms with van der Waals surface area (Å²) in [7, 11) is 1.65. The van der Waals surface area contributed by atoms with Crippen molar-refractivity contribution in [2.45, 2.75) is 13.0 Å². The molecule has 1 atom stereocenters. The molecule has 7 heteroatoms. The van der Waals surface area contributed by atoms with Gasteiger partial charge in [-0.15, -0.1) is 0 Å². The Morgan fingerprint density at radius 3 is 2.83 bits per heavy atom. The summed E-state index contributed by atoms with van der Waals surface area (Å²) in [5.41, 5.74) is 3.83. The molecule has 1 aromatic heterocycles. The van der Waals surface area contributed by atoms with E-state index in [1.165, 1.54) is 0 Å². The molecule has 0 spiro atoms. The quantitative estimate of drug-likeness (QED) is 0.618. The lowest BCUT2D eigenvalue weighted by Crippen LogP contribution is -2.38. The lowest BCUT2D eigenvalue weighted by molar-refractivity contribution is 0.167. The van der Waals surface area contributed by atoms with E-state index in [2.05, 4.69) is 15.5 Å². The molecule has 0 aliphatic carbocycles. The summed E-state index contributed by atoms with van der Waals surface area (Å²) in [4.78, 5) is 14.9. The van der Waals surface area contributed by atoms with Crippen LogP contribution in [0.25, 0.3) is 11.1 Å². The van der Waals surface area contributed by atoms with Gasteiger partial charge in [0.05, 0.1) is 19.9 Å². The predicted octanol–water partition coefficient (Wildman–Crippen LogP) is 4.16. The molecule has 2 N–H and O–H groups in total. The third-order valence-electron chi connectivity index (χ3n) is 5.27. The predicted molar refractivity (Wildman–Crippen MR) is 115 cm³/mol. The monoisotopic (exact) mass is 406 g/mol. The third-order valence-corrected chi connectivity index (χ3v) is 5.27. The van der Waals surface area contributed by atoms with Gasteiger partial charge in [-0.25, -0.2) is 4.79 Å². The topological polar surface area (TPSA) is 79.5 Å². The van der Waals surface area contributed by atoms with Gasteiger partial charge < -0.3 is 19.7 Å². The number of aromatic nitrogens is 2. The zero-order chi connectivity index (χ0) is 20.8. The number of nitrogens with zero attached hydrogens (tertiary/aromatic N) is 2. The van der Waals surface area contributed by atoms with Crippen LogP contribution >= 0.6 is 0 Å². The van der Waals surface area contributed by atoms with Crippen LogP contribution < -0.4 is 10.1 Å². The van der Waals surface area contributed by atoms with E-state index >= 15 is 0 Å². The van der Waals surface area contributed by atoms with Crippen LogP contribution in [0.5, 0.6) is 5.75 Å². The summed E-state index contributed by atoms with van der Waals surface area (Å²) in [6.45, 7) is 2.61. The maximum absolute atomic E-state index is 13.1. The zero-order valence-electron chi connectivity index (χ0n) is 17.0. The fourth-order valence-electron chi connectivity index (χ4n) is 3.61. The van der Waals surface area contributed by atoms with Crippen LogP contribution in [0.2, 0.25) is 0 Å². The summed E-state index contributed by atoms with van der Waals surface area (Å²) >= 11 is 0. The number of benzene rings is 2. The summed E-state index contributed by atoms with van der Waals surface area (Å²) < 4.78 is 10.8. The van der Waals surface area contributed by atoms with Crippen molar-refractivity contribution in [3.63, 3.8) is 0 Å². The van der Waals surface area contributed by atoms with Gasteiger partial charge in [0, 0.05) is 43.1 Å². The van der Waals surface area contributed by atoms with Crippen LogP contribution in [0, 0.1) is 5.92 Å². The van der Waals surface area contributed by atoms with Crippen molar-refractivity contribution in [2.24, 2.45) is 5.92 Å². The van der Waals surface area contributed by atoms with Crippen molar-refractivity contribution >= 4 is 11.7 Å². The van der Waals surface area contributed by atoms with Crippen molar-refractivity contribution in [3.05, 3.63) is 66.5 Å². The highest BCUT2D eigenvalue weighted by atomic mass is 16.5. The summed E-state index contributed by atoms with van der Waals surface area (Å²) in [5.74, 6) is 1.14. The molecule has 1 unspecified atom stereocenters. The Balaban J connectivity index is 1.46. The van der Waals surface area contributed by atoms with Gasteiger partial charge in [0.25, 0.3) is 0 Å². The number of methoxy groups -OCH3 is 1. The van der Waals surface area contributed by atoms with Crippen molar-refractivity contribution < 1.29 is 14.3 Å². The number of amides is 2. The molecule has 156 valence electrons. The highest BCUT2D eigenvalue weighted by Crippen LogP contribution is 2.22. The fraction of sp³-hybridized carbons (Fsp3) is 0.304. The molecule has 2 amide bonds. The SMILES string of the molecule is COc1cccc(CN(CC2CCOC2)C(=O)Nc2ccc(-c3cn[nH]c3)cc2)c1. The number of hydrogen-bond acceptors (Lipinski definition) is 4. The molecule has 0 radical (unpaired) electrons. The number of rotatable bonds is 7. The van der Waals surface area contributed by atoms with Crippen molar-refractivity contribution in [3.8, 4) is 16.9 Å². The van der Waals surface area contributed by atoms with E-state index in [1.807, 2.05) is 59.6 Å². The lowest BCUT2D eigenvalue weighted by atomic mass is 10.1. The second kappa shape index (κ2) is 9.45. The number of anilines is 1. The van der Waals surface area contributed by atoms with Gasteiger partial charge in [-0.3, -0.25) is 5.10 Å². The number of carbonyl (C=O) groups excluding carboxylic acids is 1. The minimum Gasteiger partial charge on any atom is -0.497 e. The Labute approximate surface area is 176 Å². The molecule has 3 aromatic rings. The van der Waals surface area contributed by atoms with Crippen LogP contribution in [0.1, 0.15) is 12.0 Å². The average molecular weight is 406 g/mol. The van der Waals surface area contributed by atoms with E-state index in [-0.39, 0.29) is 6.03 Å². The highest BCUT2D eigenvalue weighted by Gasteiger charge is 2.23. The minimum absolute atomic E-state index is 0.124. The van der Waals surface area contributed by atoms with E-state index in [9.17, 15) is 4.79 Å². The van der Waals surface area contributed by atoms with Crippen LogP contribution in [0.15, 0.2) is 60.9 Å². The highest BCUT2D eigenvalue weighted by molar-refractivity contribution is 5.89. The first kappa shape index (κ1) is 20.0. The minimum atomic E-state index is -0.124. The van der Waals surface area contributed by atoms with Gasteiger partial charge in [0.2, 0.25) is 0 Å². The molecule has 2 heterocycles. The number of hydrogen-bond donors (Lipinski definition) is 2. The molecule has 1 aliphatic heterocycles. The van der Waals surface area contributed by atoms with Gasteiger partial charge in [-0.05, 0) is 41.8 Å². The first-order chi connectivity index (χ1) is 14.7. The van der Waals surface area contributed by atoms with Crippen LogP contribution in [-0.2, 0) is 11.3 Å². The standard InChI is InChI=1S/C23H26N4O3/c1-29-22-4-2-3-17(11-22)14-27(15-18-9-10-30-16-18)23(28)26-21-7-5-19(6-8-21)20-12-24-25-13-20/h2-8,11-13,18H,9-10,14-16H2,1H3,(H,24,25)(H,26,28). The Morgan fingerprint density at radius 2 is 2.13 bits per heavy atom. The van der Waals surface area contributed by atoms with Gasteiger partial charge >= 0.3 is 6.03 Å². The van der Waals surface area contributed by atoms with Crippen molar-refractivity contribution in [1.29, 1.82) is 0 Å². The van der Waals surface area contributed by atoms with Crippen LogP contribution in [0.3, 0.4) is 0 Å². The van der Waals surface area contributed by atoms with E-state index in [0.29, 0.717) is 25.6 Å². The van der Waals surface area contributed by atoms with Crippen LogP contribution in [-0.4, -0.2) is 48.0 Å². The molecular weight excluding hydrogens is 380 g/mol. The van der Waals surface area contributed by atoms with Gasteiger partial charge in [-0.2, -0.15) is 5.10 Å². The fourth-order valence-corrected chi connectivity index (χ4v) is 3.61. The number of ether oxygens (including phenoxy) is 2. The summed E-state index contributed by atoms with van der Waals surface area (Å²) in [6.07, 6.45) is 4.58. The van der Waals surface area contributed by atoms with Crippen LogP contribution in [0.4, 0.5) is 10.5 Å². The second-order valence-corrected chi connectivity index (χ2v) is 7.46. The number of H-pyrrole nitrogens is 1. The molecule has 1 saturated heterocycles. The van der Waals surface area contributed by atoms with Crippen molar-refractivity contribution in [2.75, 3.05) is 32.2 Å². The Morgan fingerprint density at radius 1 is 1.27 bits per heavy atom. The number of urea groups is 1. The maximum Gasteiger partial charge on any atom is 0.322 e. The first-order valence-electron chi connectivity index (χ1n) is 10.1. The molecular formula is C23H26N4O3. The normalized spacial score (nSPS) is 15.7. The third kappa shape index (κ3) is 4.99. The average Bonchev–Trinajstić information content (AvgIpc) is 3.48. The zero-order valence-corrected chi connectivity index (χ0v) is 17.0. The van der Waals surface area contributed by atoms with E-state index in [4.69, 9.17) is 9.47 Å². The Bertz CT molecular complexity index is 951. The molecule has 0 bridgehead atoms. The number of nitrogens with one attached hydrogen (secondary N) is 2. The smallest absolute Gasteiger partial charge is 0.322 e. The van der Waals surface area contributed by atoms with Gasteiger partial charge in [0.1, 0.15) is 5.75 Å². The molecule has 30 heavy (non-hydrogen) atoms. The van der Waals surface area contributed by atoms with E-state index < -0.39 is 0 Å². The number of aromatic amines is 1. The Hall–Kier alpha value is -3.32.